The molecule has 1 saturated heterocycles. The van der Waals surface area contributed by atoms with E-state index in [0.29, 0.717) is 12.6 Å². The minimum Gasteiger partial charge on any atom is -0.352 e. The van der Waals surface area contributed by atoms with Crippen LogP contribution < -0.4 is 10.6 Å². The fourth-order valence-corrected chi connectivity index (χ4v) is 3.80. The Morgan fingerprint density at radius 2 is 1.97 bits per heavy atom. The zero-order chi connectivity index (χ0) is 20.2. The smallest absolute Gasteiger partial charge is 0.223 e. The lowest BCUT2D eigenvalue weighted by Gasteiger charge is -2.27. The van der Waals surface area contributed by atoms with E-state index in [4.69, 9.17) is 5.10 Å². The summed E-state index contributed by atoms with van der Waals surface area (Å²) in [5, 5.41) is 11.2. The van der Waals surface area contributed by atoms with Crippen LogP contribution in [0.3, 0.4) is 0 Å². The predicted molar refractivity (Wildman–Crippen MR) is 111 cm³/mol. The lowest BCUT2D eigenvalue weighted by atomic mass is 9.92. The highest BCUT2D eigenvalue weighted by Crippen LogP contribution is 2.24. The van der Waals surface area contributed by atoms with E-state index >= 15 is 0 Å². The Labute approximate surface area is 169 Å². The van der Waals surface area contributed by atoms with Gasteiger partial charge in [-0.2, -0.15) is 5.10 Å². The maximum Gasteiger partial charge on any atom is 0.223 e. The molecule has 1 aromatic heterocycles. The van der Waals surface area contributed by atoms with Crippen molar-refractivity contribution in [1.82, 2.24) is 20.4 Å². The monoisotopic (exact) mass is 392 g/mol. The van der Waals surface area contributed by atoms with E-state index in [1.54, 1.807) is 16.8 Å². The molecule has 4 rings (SSSR count). The van der Waals surface area contributed by atoms with Gasteiger partial charge in [0, 0.05) is 35.8 Å². The Balaban J connectivity index is 1.58. The van der Waals surface area contributed by atoms with Gasteiger partial charge in [-0.05, 0) is 62.7 Å². The largest absolute Gasteiger partial charge is 0.352 e. The number of aromatic nitrogens is 2. The normalized spacial score (nSPS) is 19.1. The molecular formula is C23H25FN4O. The minimum absolute atomic E-state index is 0.0321. The number of hydrogen-bond acceptors (Lipinski definition) is 3. The number of carbonyl (C=O) groups is 1. The van der Waals surface area contributed by atoms with Crippen molar-refractivity contribution in [3.05, 3.63) is 72.2 Å². The molecule has 1 amide bonds. The summed E-state index contributed by atoms with van der Waals surface area (Å²) >= 11 is 0. The highest BCUT2D eigenvalue weighted by atomic mass is 19.1. The van der Waals surface area contributed by atoms with Crippen molar-refractivity contribution in [3.8, 4) is 16.9 Å². The zero-order valence-electron chi connectivity index (χ0n) is 16.4. The summed E-state index contributed by atoms with van der Waals surface area (Å²) in [6.07, 6.45) is 3.63. The number of nitrogens with one attached hydrogen (secondary N) is 2. The molecule has 3 aromatic rings. The molecule has 6 heteroatoms. The van der Waals surface area contributed by atoms with Crippen LogP contribution in [0.25, 0.3) is 16.9 Å². The number of hydrogen-bond donors (Lipinski definition) is 2. The van der Waals surface area contributed by atoms with Crippen LogP contribution in [0.4, 0.5) is 4.39 Å². The van der Waals surface area contributed by atoms with E-state index in [2.05, 4.69) is 17.6 Å². The van der Waals surface area contributed by atoms with Gasteiger partial charge < -0.3 is 10.6 Å². The average molecular weight is 392 g/mol. The summed E-state index contributed by atoms with van der Waals surface area (Å²) in [5.74, 6) is -0.174. The molecule has 2 heterocycles. The van der Waals surface area contributed by atoms with Crippen molar-refractivity contribution < 1.29 is 9.18 Å². The molecule has 1 fully saturated rings. The zero-order valence-corrected chi connectivity index (χ0v) is 16.4. The van der Waals surface area contributed by atoms with Crippen LogP contribution in [0, 0.1) is 11.7 Å². The van der Waals surface area contributed by atoms with Gasteiger partial charge in [0.25, 0.3) is 0 Å². The van der Waals surface area contributed by atoms with E-state index in [1.165, 1.54) is 12.1 Å². The molecule has 0 aliphatic carbocycles. The highest BCUT2D eigenvalue weighted by molar-refractivity contribution is 5.79. The first kappa shape index (κ1) is 19.3. The summed E-state index contributed by atoms with van der Waals surface area (Å²) < 4.78 is 15.2. The van der Waals surface area contributed by atoms with Crippen LogP contribution in [0.5, 0.6) is 0 Å². The van der Waals surface area contributed by atoms with E-state index < -0.39 is 0 Å². The number of benzene rings is 2. The van der Waals surface area contributed by atoms with Crippen LogP contribution in [0.15, 0.2) is 60.8 Å². The second-order valence-electron chi connectivity index (χ2n) is 7.58. The van der Waals surface area contributed by atoms with Crippen molar-refractivity contribution in [2.24, 2.45) is 5.92 Å². The topological polar surface area (TPSA) is 59.0 Å². The molecule has 0 saturated carbocycles. The summed E-state index contributed by atoms with van der Waals surface area (Å²) in [6.45, 7) is 3.36. The van der Waals surface area contributed by atoms with Crippen molar-refractivity contribution in [1.29, 1.82) is 0 Å². The van der Waals surface area contributed by atoms with E-state index in [-0.39, 0.29) is 17.6 Å². The number of piperidine rings is 1. The molecule has 1 aliphatic heterocycles. The molecule has 150 valence electrons. The molecule has 0 radical (unpaired) electrons. The number of carbonyl (C=O) groups excluding carboxylic acids is 1. The van der Waals surface area contributed by atoms with E-state index in [0.717, 1.165) is 41.9 Å². The van der Waals surface area contributed by atoms with Gasteiger partial charge in [0.15, 0.2) is 0 Å². The van der Waals surface area contributed by atoms with Gasteiger partial charge in [0.05, 0.1) is 11.4 Å². The molecule has 2 aromatic carbocycles. The van der Waals surface area contributed by atoms with Gasteiger partial charge in [-0.3, -0.25) is 4.79 Å². The third-order valence-electron chi connectivity index (χ3n) is 5.38. The van der Waals surface area contributed by atoms with Crippen molar-refractivity contribution in [2.45, 2.75) is 32.4 Å². The third kappa shape index (κ3) is 4.54. The third-order valence-corrected chi connectivity index (χ3v) is 5.38. The van der Waals surface area contributed by atoms with Crippen LogP contribution in [-0.2, 0) is 11.3 Å². The van der Waals surface area contributed by atoms with Crippen LogP contribution >= 0.6 is 0 Å². The summed E-state index contributed by atoms with van der Waals surface area (Å²) in [7, 11) is 0. The maximum absolute atomic E-state index is 13.4. The van der Waals surface area contributed by atoms with E-state index in [1.807, 2.05) is 36.5 Å². The first-order valence-electron chi connectivity index (χ1n) is 10.0. The number of halogens is 1. The quantitative estimate of drug-likeness (QED) is 0.696. The second kappa shape index (κ2) is 8.57. The highest BCUT2D eigenvalue weighted by Gasteiger charge is 2.25. The van der Waals surface area contributed by atoms with Crippen LogP contribution in [0.2, 0.25) is 0 Å². The molecular weight excluding hydrogens is 367 g/mol. The van der Waals surface area contributed by atoms with Gasteiger partial charge in [-0.1, -0.05) is 18.2 Å². The number of amides is 1. The molecule has 0 bridgehead atoms. The molecule has 29 heavy (non-hydrogen) atoms. The Morgan fingerprint density at radius 3 is 2.69 bits per heavy atom. The average Bonchev–Trinajstić information content (AvgIpc) is 3.17. The Bertz CT molecular complexity index is 968. The van der Waals surface area contributed by atoms with Crippen LogP contribution in [-0.4, -0.2) is 28.3 Å². The lowest BCUT2D eigenvalue weighted by molar-refractivity contribution is -0.126. The first-order chi connectivity index (χ1) is 14.1. The van der Waals surface area contributed by atoms with Gasteiger partial charge >= 0.3 is 0 Å². The minimum atomic E-state index is -0.286. The molecule has 2 N–H and O–H groups in total. The Kier molecular flexibility index (Phi) is 5.71. The van der Waals surface area contributed by atoms with E-state index in [9.17, 15) is 9.18 Å². The maximum atomic E-state index is 13.4. The summed E-state index contributed by atoms with van der Waals surface area (Å²) in [4.78, 5) is 12.7. The molecule has 0 spiro atoms. The SMILES string of the molecule is C[C@H]1C[C@@H](C(=O)NCc2cn(-c3ccccc3)nc2-c2ccc(F)cc2)CCN1. The molecule has 2 atom stereocenters. The van der Waals surface area contributed by atoms with Crippen molar-refractivity contribution in [2.75, 3.05) is 6.54 Å². The lowest BCUT2D eigenvalue weighted by Crippen LogP contribution is -2.42. The number of rotatable bonds is 5. The summed E-state index contributed by atoms with van der Waals surface area (Å²) in [5.41, 5.74) is 3.39. The van der Waals surface area contributed by atoms with Gasteiger partial charge in [-0.15, -0.1) is 0 Å². The van der Waals surface area contributed by atoms with Gasteiger partial charge in [-0.25, -0.2) is 9.07 Å². The van der Waals surface area contributed by atoms with Crippen molar-refractivity contribution >= 4 is 5.91 Å². The fourth-order valence-electron chi connectivity index (χ4n) is 3.80. The second-order valence-corrected chi connectivity index (χ2v) is 7.58. The first-order valence-corrected chi connectivity index (χ1v) is 10.0. The number of nitrogens with zero attached hydrogens (tertiary/aromatic N) is 2. The van der Waals surface area contributed by atoms with Gasteiger partial charge in [0.2, 0.25) is 5.91 Å². The Hall–Kier alpha value is -2.99. The molecule has 1 aliphatic rings. The summed E-state index contributed by atoms with van der Waals surface area (Å²) in [6, 6.07) is 16.4. The standard InChI is InChI=1S/C23H25FN4O/c1-16-13-18(11-12-25-16)23(29)26-14-19-15-28(21-5-3-2-4-6-21)27-22(19)17-7-9-20(24)10-8-17/h2-10,15-16,18,25H,11-14H2,1H3,(H,26,29)/t16-,18-/m0/s1. The number of para-hydroxylation sites is 1. The Morgan fingerprint density at radius 1 is 1.21 bits per heavy atom. The van der Waals surface area contributed by atoms with Gasteiger partial charge in [0.1, 0.15) is 5.82 Å². The van der Waals surface area contributed by atoms with Crippen molar-refractivity contribution in [3.63, 3.8) is 0 Å². The molecule has 5 nitrogen and oxygen atoms in total. The fraction of sp³-hybridized carbons (Fsp3) is 0.304. The predicted octanol–water partition coefficient (Wildman–Crippen LogP) is 3.68. The van der Waals surface area contributed by atoms with Crippen LogP contribution in [0.1, 0.15) is 25.3 Å². The molecule has 0 unspecified atom stereocenters.